The van der Waals surface area contributed by atoms with Crippen molar-refractivity contribution in [2.45, 2.75) is 32.5 Å². The van der Waals surface area contributed by atoms with Gasteiger partial charge in [-0.1, -0.05) is 19.9 Å². The van der Waals surface area contributed by atoms with E-state index in [4.69, 9.17) is 4.74 Å². The summed E-state index contributed by atoms with van der Waals surface area (Å²) in [4.78, 5) is 21.9. The molecular formula is C10H14O5. The zero-order chi connectivity index (χ0) is 11.3. The molecule has 1 saturated heterocycles. The van der Waals surface area contributed by atoms with Gasteiger partial charge in [-0.25, -0.2) is 9.59 Å². The van der Waals surface area contributed by atoms with Crippen LogP contribution in [0.15, 0.2) is 12.2 Å². The molecule has 1 rings (SSSR count). The largest absolute Gasteiger partial charge is 0.511 e. The summed E-state index contributed by atoms with van der Waals surface area (Å²) in [5.41, 5.74) is 0.389. The lowest BCUT2D eigenvalue weighted by molar-refractivity contribution is -0.158. The molecule has 1 unspecified atom stereocenters. The molecule has 0 N–H and O–H groups in total. The Labute approximate surface area is 88.0 Å². The molecule has 84 valence electrons. The van der Waals surface area contributed by atoms with E-state index in [-0.39, 0.29) is 6.61 Å². The van der Waals surface area contributed by atoms with Crippen molar-refractivity contribution in [1.29, 1.82) is 0 Å². The number of ether oxygens (including phenoxy) is 3. The lowest BCUT2D eigenvalue weighted by Crippen LogP contribution is -2.20. The molecule has 0 aliphatic carbocycles. The quantitative estimate of drug-likeness (QED) is 0.515. The molecule has 1 heterocycles. The van der Waals surface area contributed by atoms with Crippen LogP contribution in [0.4, 0.5) is 4.79 Å². The number of carbonyl (C=O) groups excluding carboxylic acids is 2. The Kier molecular flexibility index (Phi) is 4.15. The van der Waals surface area contributed by atoms with Crippen LogP contribution in [-0.4, -0.2) is 25.0 Å². The number of carbonyl (C=O) groups is 2. The average molecular weight is 214 g/mol. The summed E-state index contributed by atoms with van der Waals surface area (Å²) < 4.78 is 13.8. The molecule has 1 aliphatic heterocycles. The molecule has 5 heteroatoms. The third kappa shape index (κ3) is 3.61. The lowest BCUT2D eigenvalue weighted by Gasteiger charge is -2.09. The van der Waals surface area contributed by atoms with E-state index in [0.29, 0.717) is 12.0 Å². The number of rotatable bonds is 5. The molecule has 0 aromatic carbocycles. The van der Waals surface area contributed by atoms with Crippen LogP contribution in [0.5, 0.6) is 0 Å². The molecule has 1 atom stereocenters. The third-order valence-electron chi connectivity index (χ3n) is 1.92. The number of cyclic esters (lactones) is 2. The average Bonchev–Trinajstić information content (AvgIpc) is 2.60. The maximum atomic E-state index is 11.3. The highest BCUT2D eigenvalue weighted by atomic mass is 16.8. The Bertz CT molecular complexity index is 271. The van der Waals surface area contributed by atoms with E-state index in [1.54, 1.807) is 0 Å². The second-order valence-electron chi connectivity index (χ2n) is 3.22. The highest BCUT2D eigenvalue weighted by Gasteiger charge is 2.28. The summed E-state index contributed by atoms with van der Waals surface area (Å²) in [6, 6.07) is 0. The summed E-state index contributed by atoms with van der Waals surface area (Å²) in [7, 11) is 0. The van der Waals surface area contributed by atoms with Crippen LogP contribution in [0.2, 0.25) is 0 Å². The molecule has 0 amide bonds. The molecule has 0 aromatic heterocycles. The molecule has 0 bridgehead atoms. The van der Waals surface area contributed by atoms with E-state index in [1.807, 2.05) is 6.92 Å². The van der Waals surface area contributed by atoms with Crippen LogP contribution < -0.4 is 0 Å². The fraction of sp³-hybridized carbons (Fsp3) is 0.600. The molecular weight excluding hydrogens is 200 g/mol. The van der Waals surface area contributed by atoms with E-state index in [9.17, 15) is 9.59 Å². The van der Waals surface area contributed by atoms with Crippen molar-refractivity contribution in [2.24, 2.45) is 0 Å². The van der Waals surface area contributed by atoms with Gasteiger partial charge in [0.25, 0.3) is 6.29 Å². The van der Waals surface area contributed by atoms with E-state index in [2.05, 4.69) is 16.1 Å². The normalized spacial score (nSPS) is 19.3. The first-order valence-corrected chi connectivity index (χ1v) is 4.85. The van der Waals surface area contributed by atoms with Gasteiger partial charge in [-0.3, -0.25) is 0 Å². The van der Waals surface area contributed by atoms with Crippen LogP contribution in [0.1, 0.15) is 26.2 Å². The van der Waals surface area contributed by atoms with Crippen LogP contribution in [0.3, 0.4) is 0 Å². The van der Waals surface area contributed by atoms with Gasteiger partial charge in [-0.05, 0) is 12.8 Å². The second-order valence-corrected chi connectivity index (χ2v) is 3.22. The minimum Gasteiger partial charge on any atom is -0.426 e. The van der Waals surface area contributed by atoms with Gasteiger partial charge < -0.3 is 14.2 Å². The molecule has 0 spiro atoms. The Hall–Kier alpha value is -1.52. The van der Waals surface area contributed by atoms with Crippen LogP contribution in [0, 0.1) is 0 Å². The minimum absolute atomic E-state index is 0.0500. The third-order valence-corrected chi connectivity index (χ3v) is 1.92. The summed E-state index contributed by atoms with van der Waals surface area (Å²) in [6.45, 7) is 5.57. The molecule has 1 fully saturated rings. The molecule has 0 saturated carbocycles. The Balaban J connectivity index is 2.28. The first-order valence-electron chi connectivity index (χ1n) is 4.85. The first kappa shape index (κ1) is 11.6. The second kappa shape index (κ2) is 5.38. The fourth-order valence-corrected chi connectivity index (χ4v) is 1.06. The van der Waals surface area contributed by atoms with E-state index >= 15 is 0 Å². The SMILES string of the molecule is C=C(CCCC)C(=O)OC1COC(=O)O1. The van der Waals surface area contributed by atoms with E-state index in [1.165, 1.54) is 0 Å². The van der Waals surface area contributed by atoms with Gasteiger partial charge in [0, 0.05) is 5.57 Å². The van der Waals surface area contributed by atoms with Crippen molar-refractivity contribution < 1.29 is 23.8 Å². The highest BCUT2D eigenvalue weighted by molar-refractivity contribution is 5.87. The van der Waals surface area contributed by atoms with Crippen molar-refractivity contribution >= 4 is 12.1 Å². The van der Waals surface area contributed by atoms with Gasteiger partial charge in [0.15, 0.2) is 6.61 Å². The first-order chi connectivity index (χ1) is 7.13. The van der Waals surface area contributed by atoms with Crippen LogP contribution >= 0.6 is 0 Å². The molecule has 1 aliphatic rings. The molecule has 0 radical (unpaired) electrons. The Morgan fingerprint density at radius 1 is 1.67 bits per heavy atom. The lowest BCUT2D eigenvalue weighted by atomic mass is 10.1. The number of hydrogen-bond donors (Lipinski definition) is 0. The minimum atomic E-state index is -0.927. The topological polar surface area (TPSA) is 61.8 Å². The van der Waals surface area contributed by atoms with Crippen molar-refractivity contribution in [3.05, 3.63) is 12.2 Å². The summed E-state index contributed by atoms with van der Waals surface area (Å²) in [6.07, 6.45) is 0.717. The van der Waals surface area contributed by atoms with Crippen molar-refractivity contribution in [3.8, 4) is 0 Å². The summed E-state index contributed by atoms with van der Waals surface area (Å²) in [5.74, 6) is -0.535. The molecule has 5 nitrogen and oxygen atoms in total. The number of hydrogen-bond acceptors (Lipinski definition) is 5. The molecule has 0 aromatic rings. The van der Waals surface area contributed by atoms with Gasteiger partial charge >= 0.3 is 12.1 Å². The van der Waals surface area contributed by atoms with E-state index < -0.39 is 18.4 Å². The van der Waals surface area contributed by atoms with Gasteiger partial charge in [0.2, 0.25) is 0 Å². The van der Waals surface area contributed by atoms with Crippen LogP contribution in [-0.2, 0) is 19.0 Å². The maximum absolute atomic E-state index is 11.3. The van der Waals surface area contributed by atoms with Gasteiger partial charge in [-0.15, -0.1) is 0 Å². The van der Waals surface area contributed by atoms with Gasteiger partial charge in [0.1, 0.15) is 0 Å². The van der Waals surface area contributed by atoms with Crippen LogP contribution in [0.25, 0.3) is 0 Å². The van der Waals surface area contributed by atoms with Crippen molar-refractivity contribution in [3.63, 3.8) is 0 Å². The predicted molar refractivity (Wildman–Crippen MR) is 51.0 cm³/mol. The number of unbranched alkanes of at least 4 members (excludes halogenated alkanes) is 1. The van der Waals surface area contributed by atoms with E-state index in [0.717, 1.165) is 12.8 Å². The maximum Gasteiger partial charge on any atom is 0.511 e. The van der Waals surface area contributed by atoms with Gasteiger partial charge in [-0.2, -0.15) is 0 Å². The standard InChI is InChI=1S/C10H14O5/c1-3-4-5-7(2)9(11)14-8-6-13-10(12)15-8/h8H,2-6H2,1H3. The van der Waals surface area contributed by atoms with Crippen molar-refractivity contribution in [1.82, 2.24) is 0 Å². The summed E-state index contributed by atoms with van der Waals surface area (Å²) >= 11 is 0. The van der Waals surface area contributed by atoms with Gasteiger partial charge in [0.05, 0.1) is 0 Å². The summed E-state index contributed by atoms with van der Waals surface area (Å²) in [5, 5.41) is 0. The monoisotopic (exact) mass is 214 g/mol. The Morgan fingerprint density at radius 2 is 2.40 bits per heavy atom. The number of esters is 1. The highest BCUT2D eigenvalue weighted by Crippen LogP contribution is 2.12. The smallest absolute Gasteiger partial charge is 0.426 e. The zero-order valence-electron chi connectivity index (χ0n) is 8.65. The Morgan fingerprint density at radius 3 is 2.93 bits per heavy atom. The van der Waals surface area contributed by atoms with Crippen molar-refractivity contribution in [2.75, 3.05) is 6.61 Å². The zero-order valence-corrected chi connectivity index (χ0v) is 8.65. The predicted octanol–water partition coefficient (Wildman–Crippen LogP) is 1.77. The molecule has 15 heavy (non-hydrogen) atoms. The fourth-order valence-electron chi connectivity index (χ4n) is 1.06.